The summed E-state index contributed by atoms with van der Waals surface area (Å²) in [7, 11) is 1.58. The lowest BCUT2D eigenvalue weighted by Gasteiger charge is -2.27. The minimum absolute atomic E-state index is 0.269. The standard InChI is InChI=1S/C21H20FN5O2S/c1-12-17(19(23)28)18(13-7-5-8-15(10-13)29-2)27-20(24-12)25-21(26-27)30-11-14-6-3-4-9-16(14)22/h3-10,18H,11H2,1-2H3,(H2,23,28)(H,24,25,26)/t18-/m1/s1. The smallest absolute Gasteiger partial charge is 0.248 e. The number of halogens is 1. The highest BCUT2D eigenvalue weighted by Gasteiger charge is 2.33. The predicted octanol–water partition coefficient (Wildman–Crippen LogP) is 3.49. The van der Waals surface area contributed by atoms with Crippen LogP contribution in [0, 0.1) is 5.82 Å². The Bertz CT molecular complexity index is 1140. The molecule has 3 N–H and O–H groups in total. The van der Waals surface area contributed by atoms with E-state index in [1.807, 2.05) is 24.3 Å². The number of primary amides is 1. The van der Waals surface area contributed by atoms with Crippen molar-refractivity contribution in [1.82, 2.24) is 14.8 Å². The van der Waals surface area contributed by atoms with Gasteiger partial charge < -0.3 is 15.8 Å². The number of aromatic nitrogens is 3. The molecule has 1 aliphatic rings. The van der Waals surface area contributed by atoms with Gasteiger partial charge in [-0.1, -0.05) is 42.1 Å². The number of allylic oxidation sites excluding steroid dienone is 1. The summed E-state index contributed by atoms with van der Waals surface area (Å²) in [6.07, 6.45) is 0. The maximum Gasteiger partial charge on any atom is 0.248 e. The van der Waals surface area contributed by atoms with Crippen molar-refractivity contribution < 1.29 is 13.9 Å². The first kappa shape index (κ1) is 20.0. The van der Waals surface area contributed by atoms with Crippen molar-refractivity contribution in [1.29, 1.82) is 0 Å². The summed E-state index contributed by atoms with van der Waals surface area (Å²) in [5.41, 5.74) is 8.06. The molecule has 2 aromatic carbocycles. The Morgan fingerprint density at radius 3 is 2.83 bits per heavy atom. The first-order valence-electron chi connectivity index (χ1n) is 9.22. The molecule has 2 heterocycles. The lowest BCUT2D eigenvalue weighted by molar-refractivity contribution is -0.115. The third-order valence-corrected chi connectivity index (χ3v) is 5.71. The predicted molar refractivity (Wildman–Crippen MR) is 113 cm³/mol. The third kappa shape index (κ3) is 3.76. The van der Waals surface area contributed by atoms with E-state index in [0.717, 1.165) is 5.56 Å². The molecule has 1 atom stereocenters. The van der Waals surface area contributed by atoms with Gasteiger partial charge in [-0.3, -0.25) is 4.79 Å². The SMILES string of the molecule is COc1cccc([C@@H]2C(C(N)=O)=C(C)Nc3nc(SCc4ccccc4F)nn32)c1. The number of rotatable bonds is 6. The second-order valence-electron chi connectivity index (χ2n) is 6.75. The maximum atomic E-state index is 13.9. The van der Waals surface area contributed by atoms with Crippen molar-refractivity contribution >= 4 is 23.6 Å². The van der Waals surface area contributed by atoms with E-state index in [1.54, 1.807) is 36.9 Å². The summed E-state index contributed by atoms with van der Waals surface area (Å²) < 4.78 is 20.9. The topological polar surface area (TPSA) is 95.1 Å². The van der Waals surface area contributed by atoms with Crippen LogP contribution in [0.1, 0.15) is 24.1 Å². The van der Waals surface area contributed by atoms with E-state index in [0.29, 0.717) is 39.4 Å². The van der Waals surface area contributed by atoms with Crippen LogP contribution in [0.25, 0.3) is 0 Å². The summed E-state index contributed by atoms with van der Waals surface area (Å²) in [6.45, 7) is 1.78. The van der Waals surface area contributed by atoms with Crippen LogP contribution in [0.15, 0.2) is 65.0 Å². The van der Waals surface area contributed by atoms with Crippen LogP contribution in [-0.4, -0.2) is 27.8 Å². The molecule has 0 aliphatic carbocycles. The van der Waals surface area contributed by atoms with Gasteiger partial charge >= 0.3 is 0 Å². The molecule has 0 unspecified atom stereocenters. The van der Waals surface area contributed by atoms with Gasteiger partial charge in [0.15, 0.2) is 0 Å². The Kier molecular flexibility index (Phi) is 5.45. The van der Waals surface area contributed by atoms with Crippen LogP contribution in [0.2, 0.25) is 0 Å². The molecule has 9 heteroatoms. The van der Waals surface area contributed by atoms with Crippen LogP contribution in [-0.2, 0) is 10.5 Å². The van der Waals surface area contributed by atoms with Crippen molar-refractivity contribution in [2.24, 2.45) is 5.73 Å². The zero-order valence-corrected chi connectivity index (χ0v) is 17.2. The van der Waals surface area contributed by atoms with Crippen molar-refractivity contribution in [2.75, 3.05) is 12.4 Å². The summed E-state index contributed by atoms with van der Waals surface area (Å²) in [6, 6.07) is 13.4. The van der Waals surface area contributed by atoms with Crippen molar-refractivity contribution in [3.8, 4) is 5.75 Å². The molecular weight excluding hydrogens is 405 g/mol. The van der Waals surface area contributed by atoms with Crippen LogP contribution in [0.3, 0.4) is 0 Å². The Labute approximate surface area is 177 Å². The minimum atomic E-state index is -0.552. The van der Waals surface area contributed by atoms with Crippen molar-refractivity contribution in [3.63, 3.8) is 0 Å². The van der Waals surface area contributed by atoms with E-state index in [2.05, 4.69) is 15.4 Å². The molecule has 30 heavy (non-hydrogen) atoms. The van der Waals surface area contributed by atoms with E-state index >= 15 is 0 Å². The number of nitrogens with two attached hydrogens (primary N) is 1. The van der Waals surface area contributed by atoms with Gasteiger partial charge in [-0.25, -0.2) is 9.07 Å². The average Bonchev–Trinajstić information content (AvgIpc) is 3.14. The van der Waals surface area contributed by atoms with Crippen LogP contribution < -0.4 is 15.8 Å². The minimum Gasteiger partial charge on any atom is -0.497 e. The zero-order chi connectivity index (χ0) is 21.3. The average molecular weight is 425 g/mol. The van der Waals surface area contributed by atoms with Crippen LogP contribution in [0.4, 0.5) is 10.3 Å². The molecule has 0 saturated carbocycles. The number of anilines is 1. The third-order valence-electron chi connectivity index (χ3n) is 4.82. The molecule has 1 aromatic heterocycles. The Morgan fingerprint density at radius 2 is 2.10 bits per heavy atom. The van der Waals surface area contributed by atoms with Crippen LogP contribution >= 0.6 is 11.8 Å². The molecule has 154 valence electrons. The van der Waals surface area contributed by atoms with Gasteiger partial charge in [0.2, 0.25) is 17.0 Å². The number of nitrogens with zero attached hydrogens (tertiary/aromatic N) is 3. The second kappa shape index (κ2) is 8.19. The van der Waals surface area contributed by atoms with Gasteiger partial charge in [0, 0.05) is 11.4 Å². The molecule has 0 fully saturated rings. The highest BCUT2D eigenvalue weighted by atomic mass is 32.2. The fourth-order valence-electron chi connectivity index (χ4n) is 3.39. The second-order valence-corrected chi connectivity index (χ2v) is 7.69. The zero-order valence-electron chi connectivity index (χ0n) is 16.4. The number of hydrogen-bond acceptors (Lipinski definition) is 6. The summed E-state index contributed by atoms with van der Waals surface area (Å²) in [5, 5.41) is 8.14. The first-order valence-corrected chi connectivity index (χ1v) is 10.2. The highest BCUT2D eigenvalue weighted by Crippen LogP contribution is 2.37. The Balaban J connectivity index is 1.71. The van der Waals surface area contributed by atoms with E-state index in [-0.39, 0.29) is 5.82 Å². The summed E-state index contributed by atoms with van der Waals surface area (Å²) >= 11 is 1.31. The number of thioether (sulfide) groups is 1. The van der Waals surface area contributed by atoms with Crippen molar-refractivity contribution in [3.05, 3.63) is 76.7 Å². The van der Waals surface area contributed by atoms with Gasteiger partial charge in [0.1, 0.15) is 17.6 Å². The molecule has 3 aromatic rings. The number of carbonyl (C=O) groups excluding carboxylic acids is 1. The monoisotopic (exact) mass is 425 g/mol. The van der Waals surface area contributed by atoms with Crippen molar-refractivity contribution in [2.45, 2.75) is 23.9 Å². The van der Waals surface area contributed by atoms with E-state index < -0.39 is 11.9 Å². The number of ether oxygens (including phenoxy) is 1. The first-order chi connectivity index (χ1) is 14.5. The van der Waals surface area contributed by atoms with E-state index in [9.17, 15) is 9.18 Å². The van der Waals surface area contributed by atoms with Gasteiger partial charge in [-0.05, 0) is 36.2 Å². The maximum absolute atomic E-state index is 13.9. The molecule has 0 bridgehead atoms. The number of benzene rings is 2. The Morgan fingerprint density at radius 1 is 1.30 bits per heavy atom. The number of hydrogen-bond donors (Lipinski definition) is 2. The molecule has 0 saturated heterocycles. The molecule has 4 rings (SSSR count). The molecule has 0 radical (unpaired) electrons. The number of amides is 1. The van der Waals surface area contributed by atoms with Gasteiger partial charge in [-0.2, -0.15) is 4.98 Å². The normalized spacial score (nSPS) is 15.5. The summed E-state index contributed by atoms with van der Waals surface area (Å²) in [5.74, 6) is 0.712. The molecule has 7 nitrogen and oxygen atoms in total. The lowest BCUT2D eigenvalue weighted by atomic mass is 9.95. The largest absolute Gasteiger partial charge is 0.497 e. The van der Waals surface area contributed by atoms with Gasteiger partial charge in [-0.15, -0.1) is 5.10 Å². The Hall–Kier alpha value is -3.33. The molecule has 1 amide bonds. The summed E-state index contributed by atoms with van der Waals surface area (Å²) in [4.78, 5) is 16.8. The number of carbonyl (C=O) groups is 1. The van der Waals surface area contributed by atoms with Gasteiger partial charge in [0.05, 0.1) is 12.7 Å². The molecular formula is C21H20FN5O2S. The number of nitrogens with one attached hydrogen (secondary N) is 1. The quantitative estimate of drug-likeness (QED) is 0.587. The van der Waals surface area contributed by atoms with E-state index in [4.69, 9.17) is 10.5 Å². The van der Waals surface area contributed by atoms with E-state index in [1.165, 1.54) is 17.8 Å². The molecule has 1 aliphatic heterocycles. The molecule has 0 spiro atoms. The van der Waals surface area contributed by atoms with Gasteiger partial charge in [0.25, 0.3) is 0 Å². The lowest BCUT2D eigenvalue weighted by Crippen LogP contribution is -2.31. The highest BCUT2D eigenvalue weighted by molar-refractivity contribution is 7.98. The van der Waals surface area contributed by atoms with Crippen LogP contribution in [0.5, 0.6) is 5.75 Å². The fourth-order valence-corrected chi connectivity index (χ4v) is 4.20. The fraction of sp³-hybridized carbons (Fsp3) is 0.190. The number of fused-ring (bicyclic) bond motifs is 1. The number of methoxy groups -OCH3 is 1.